The summed E-state index contributed by atoms with van der Waals surface area (Å²) in [5.41, 5.74) is 2.84. The van der Waals surface area contributed by atoms with Crippen molar-refractivity contribution >= 4 is 58.8 Å². The van der Waals surface area contributed by atoms with E-state index in [0.717, 1.165) is 37.1 Å². The van der Waals surface area contributed by atoms with Gasteiger partial charge in [-0.3, -0.25) is 9.59 Å². The van der Waals surface area contributed by atoms with Gasteiger partial charge in [0, 0.05) is 12.2 Å². The van der Waals surface area contributed by atoms with E-state index in [4.69, 9.17) is 23.2 Å². The summed E-state index contributed by atoms with van der Waals surface area (Å²) in [5, 5.41) is 6.50. The molecule has 1 saturated carbocycles. The summed E-state index contributed by atoms with van der Waals surface area (Å²) in [4.78, 5) is 29.9. The number of pyridine rings is 1. The second kappa shape index (κ2) is 9.90. The minimum absolute atomic E-state index is 0. The molecule has 0 bridgehead atoms. The van der Waals surface area contributed by atoms with Crippen molar-refractivity contribution in [3.63, 3.8) is 0 Å². The van der Waals surface area contributed by atoms with Crippen molar-refractivity contribution in [1.29, 1.82) is 0 Å². The predicted octanol–water partition coefficient (Wildman–Crippen LogP) is 5.22. The van der Waals surface area contributed by atoms with Crippen molar-refractivity contribution in [3.05, 3.63) is 63.5 Å². The minimum atomic E-state index is -0.417. The first-order valence-corrected chi connectivity index (χ1v) is 10.7. The van der Waals surface area contributed by atoms with E-state index in [1.165, 1.54) is 0 Å². The van der Waals surface area contributed by atoms with E-state index < -0.39 is 5.91 Å². The van der Waals surface area contributed by atoms with E-state index in [1.807, 2.05) is 17.5 Å². The van der Waals surface area contributed by atoms with Crippen LogP contribution in [0.1, 0.15) is 47.4 Å². The average molecular weight is 482 g/mol. The first-order chi connectivity index (χ1) is 14.4. The summed E-state index contributed by atoms with van der Waals surface area (Å²) in [5.74, 6) is -0.427. The first-order valence-electron chi connectivity index (χ1n) is 9.95. The van der Waals surface area contributed by atoms with Crippen molar-refractivity contribution < 1.29 is 9.59 Å². The number of fused-ring (bicyclic) bond motifs is 1. The van der Waals surface area contributed by atoms with Gasteiger partial charge in [-0.05, 0) is 44.0 Å². The Balaban J connectivity index is 0.00000272. The number of hydrogen-bond acceptors (Lipinski definition) is 3. The van der Waals surface area contributed by atoms with Crippen LogP contribution in [0.5, 0.6) is 0 Å². The van der Waals surface area contributed by atoms with Gasteiger partial charge in [-0.25, -0.2) is 4.98 Å². The molecule has 0 atom stereocenters. The minimum Gasteiger partial charge on any atom is -0.353 e. The number of rotatable bonds is 5. The van der Waals surface area contributed by atoms with Crippen molar-refractivity contribution in [1.82, 2.24) is 14.7 Å². The molecule has 1 aliphatic carbocycles. The Morgan fingerprint density at radius 3 is 2.48 bits per heavy atom. The number of aromatic nitrogens is 2. The highest BCUT2D eigenvalue weighted by molar-refractivity contribution is 6.40. The Labute approximate surface area is 196 Å². The Hall–Kier alpha value is -2.28. The van der Waals surface area contributed by atoms with Crippen molar-refractivity contribution in [3.8, 4) is 0 Å². The molecule has 0 radical (unpaired) electrons. The Morgan fingerprint density at radius 1 is 1.13 bits per heavy atom. The molecule has 9 heteroatoms. The molecule has 0 aliphatic heterocycles. The quantitative estimate of drug-likeness (QED) is 0.524. The summed E-state index contributed by atoms with van der Waals surface area (Å²) in [6.45, 7) is 1.86. The third-order valence-corrected chi connectivity index (χ3v) is 6.07. The zero-order chi connectivity index (χ0) is 21.3. The molecule has 2 heterocycles. The fourth-order valence-corrected chi connectivity index (χ4v) is 4.51. The fraction of sp³-hybridized carbons (Fsp3) is 0.318. The van der Waals surface area contributed by atoms with Crippen LogP contribution >= 0.6 is 35.6 Å². The van der Waals surface area contributed by atoms with Crippen LogP contribution in [0.4, 0.5) is 5.69 Å². The summed E-state index contributed by atoms with van der Waals surface area (Å²) in [6.07, 6.45) is 6.48. The van der Waals surface area contributed by atoms with Gasteiger partial charge in [0.05, 0.1) is 39.1 Å². The van der Waals surface area contributed by atoms with Gasteiger partial charge in [-0.15, -0.1) is 12.4 Å². The van der Waals surface area contributed by atoms with E-state index in [1.54, 1.807) is 30.3 Å². The van der Waals surface area contributed by atoms with E-state index in [-0.39, 0.29) is 46.4 Å². The molecule has 0 saturated heterocycles. The second-order valence-electron chi connectivity index (χ2n) is 7.54. The van der Waals surface area contributed by atoms with Gasteiger partial charge >= 0.3 is 0 Å². The van der Waals surface area contributed by atoms with Crippen LogP contribution in [0.2, 0.25) is 10.0 Å². The van der Waals surface area contributed by atoms with E-state index in [9.17, 15) is 9.59 Å². The summed E-state index contributed by atoms with van der Waals surface area (Å²) < 4.78 is 1.84. The van der Waals surface area contributed by atoms with Crippen LogP contribution in [0, 0.1) is 6.92 Å². The van der Waals surface area contributed by atoms with E-state index >= 15 is 0 Å². The summed E-state index contributed by atoms with van der Waals surface area (Å²) >= 11 is 12.3. The lowest BCUT2D eigenvalue weighted by Crippen LogP contribution is -2.34. The molecule has 1 aromatic carbocycles. The molecule has 164 valence electrons. The second-order valence-corrected chi connectivity index (χ2v) is 8.35. The third-order valence-electron chi connectivity index (χ3n) is 5.44. The van der Waals surface area contributed by atoms with Gasteiger partial charge in [0.2, 0.25) is 5.91 Å². The Kier molecular flexibility index (Phi) is 7.46. The maximum Gasteiger partial charge on any atom is 0.258 e. The number of aryl methyl sites for hydroxylation is 1. The van der Waals surface area contributed by atoms with Crippen molar-refractivity contribution in [2.75, 3.05) is 5.32 Å². The number of carbonyl (C=O) groups is 2. The average Bonchev–Trinajstić information content (AvgIpc) is 3.31. The molecule has 3 aromatic rings. The van der Waals surface area contributed by atoms with Gasteiger partial charge in [0.25, 0.3) is 5.91 Å². The van der Waals surface area contributed by atoms with Crippen molar-refractivity contribution in [2.24, 2.45) is 0 Å². The van der Waals surface area contributed by atoms with Crippen LogP contribution < -0.4 is 10.6 Å². The molecule has 0 unspecified atom stereocenters. The van der Waals surface area contributed by atoms with Crippen LogP contribution in [0.15, 0.2) is 36.5 Å². The monoisotopic (exact) mass is 480 g/mol. The van der Waals surface area contributed by atoms with Gasteiger partial charge in [-0.1, -0.05) is 42.1 Å². The number of amides is 2. The third kappa shape index (κ3) is 4.97. The van der Waals surface area contributed by atoms with Crippen LogP contribution in [0.3, 0.4) is 0 Å². The van der Waals surface area contributed by atoms with Crippen LogP contribution in [-0.4, -0.2) is 27.2 Å². The highest BCUT2D eigenvalue weighted by Gasteiger charge is 2.21. The lowest BCUT2D eigenvalue weighted by Gasteiger charge is -2.12. The van der Waals surface area contributed by atoms with Crippen LogP contribution in [-0.2, 0) is 11.2 Å². The maximum absolute atomic E-state index is 12.8. The molecule has 2 amide bonds. The lowest BCUT2D eigenvalue weighted by atomic mass is 10.2. The van der Waals surface area contributed by atoms with Gasteiger partial charge < -0.3 is 15.0 Å². The molecule has 0 spiro atoms. The Bertz CT molecular complexity index is 1100. The number of hydrogen-bond donors (Lipinski definition) is 2. The predicted molar refractivity (Wildman–Crippen MR) is 126 cm³/mol. The zero-order valence-electron chi connectivity index (χ0n) is 17.0. The number of nitrogens with zero attached hydrogens (tertiary/aromatic N) is 2. The molecule has 2 aromatic heterocycles. The topological polar surface area (TPSA) is 75.5 Å². The lowest BCUT2D eigenvalue weighted by molar-refractivity contribution is -0.121. The largest absolute Gasteiger partial charge is 0.353 e. The highest BCUT2D eigenvalue weighted by Crippen LogP contribution is 2.27. The number of carbonyl (C=O) groups excluding carboxylic acids is 2. The number of nitrogens with one attached hydrogen (secondary N) is 2. The van der Waals surface area contributed by atoms with Crippen molar-refractivity contribution in [2.45, 2.75) is 45.1 Å². The molecular formula is C22H23Cl3N4O2. The van der Waals surface area contributed by atoms with Gasteiger partial charge in [0.15, 0.2) is 5.65 Å². The summed E-state index contributed by atoms with van der Waals surface area (Å²) in [6, 6.07) is 8.74. The maximum atomic E-state index is 12.8. The molecule has 1 aliphatic rings. The van der Waals surface area contributed by atoms with Crippen LogP contribution in [0.25, 0.3) is 5.65 Å². The van der Waals surface area contributed by atoms with Gasteiger partial charge in [-0.2, -0.15) is 0 Å². The van der Waals surface area contributed by atoms with E-state index in [2.05, 4.69) is 15.6 Å². The highest BCUT2D eigenvalue weighted by atomic mass is 35.5. The molecular weight excluding hydrogens is 459 g/mol. The molecule has 1 fully saturated rings. The van der Waals surface area contributed by atoms with E-state index in [0.29, 0.717) is 11.3 Å². The SMILES string of the molecule is Cc1nc2c(NC(=O)c3c(Cl)cccc3Cl)cccn2c1CC(=O)NC1CCCC1.Cl. The molecule has 2 N–H and O–H groups in total. The summed E-state index contributed by atoms with van der Waals surface area (Å²) in [7, 11) is 0. The molecule has 31 heavy (non-hydrogen) atoms. The number of benzene rings is 1. The zero-order valence-corrected chi connectivity index (χ0v) is 19.3. The fourth-order valence-electron chi connectivity index (χ4n) is 3.94. The standard InChI is InChI=1S/C22H22Cl2N4O2.ClH/c1-13-18(12-19(29)26-14-6-2-3-7-14)28-11-5-10-17(21(28)25-13)27-22(30)20-15(23)8-4-9-16(20)24;/h4-5,8-11,14H,2-3,6-7,12H2,1H3,(H,26,29)(H,27,30);1H. The number of halogens is 3. The first kappa shape index (κ1) is 23.4. The number of imidazole rings is 1. The normalized spacial score (nSPS) is 13.8. The number of anilines is 1. The molecule has 6 nitrogen and oxygen atoms in total. The van der Waals surface area contributed by atoms with Gasteiger partial charge in [0.1, 0.15) is 0 Å². The molecule has 4 rings (SSSR count). The Morgan fingerprint density at radius 2 is 1.81 bits per heavy atom. The smallest absolute Gasteiger partial charge is 0.258 e.